The Labute approximate surface area is 105 Å². The van der Waals surface area contributed by atoms with Crippen LogP contribution in [0.3, 0.4) is 0 Å². The second kappa shape index (κ2) is 4.87. The predicted molar refractivity (Wildman–Crippen MR) is 71.1 cm³/mol. The minimum Gasteiger partial charge on any atom is -0.496 e. The van der Waals surface area contributed by atoms with Crippen LogP contribution in [-0.4, -0.2) is 12.0 Å². The van der Waals surface area contributed by atoms with Crippen molar-refractivity contribution in [2.75, 3.05) is 7.11 Å². The third kappa shape index (κ3) is 2.18. The highest BCUT2D eigenvalue weighted by Gasteiger charge is 2.07. The van der Waals surface area contributed by atoms with E-state index in [1.807, 2.05) is 36.4 Å². The molecule has 18 heavy (non-hydrogen) atoms. The maximum atomic E-state index is 10.7. The first-order valence-corrected chi connectivity index (χ1v) is 5.52. The number of nitro groups is 1. The summed E-state index contributed by atoms with van der Waals surface area (Å²) in [6, 6.07) is 11.3. The molecule has 0 amide bonds. The van der Waals surface area contributed by atoms with Crippen molar-refractivity contribution in [1.29, 1.82) is 0 Å². The smallest absolute Gasteiger partial charge is 0.243 e. The van der Waals surface area contributed by atoms with Crippen LogP contribution >= 0.6 is 0 Å². The monoisotopic (exact) mass is 243 g/mol. The fraction of sp³-hybridized carbons (Fsp3) is 0.143. The Bertz CT molecular complexity index is 632. The molecule has 0 bridgehead atoms. The van der Waals surface area contributed by atoms with E-state index >= 15 is 0 Å². The second-order valence-corrected chi connectivity index (χ2v) is 3.95. The van der Waals surface area contributed by atoms with Crippen molar-refractivity contribution in [1.82, 2.24) is 0 Å². The number of benzene rings is 2. The molecule has 4 heteroatoms. The first-order valence-electron chi connectivity index (χ1n) is 5.52. The molecule has 2 rings (SSSR count). The molecule has 0 aliphatic carbocycles. The summed E-state index contributed by atoms with van der Waals surface area (Å²) in [5.74, 6) is 0.765. The van der Waals surface area contributed by atoms with Gasteiger partial charge in [-0.25, -0.2) is 0 Å². The number of methoxy groups -OCH3 is 1. The van der Waals surface area contributed by atoms with Gasteiger partial charge >= 0.3 is 0 Å². The molecule has 0 aliphatic rings. The van der Waals surface area contributed by atoms with Crippen LogP contribution in [0, 0.1) is 10.1 Å². The Hall–Kier alpha value is -2.36. The molecule has 0 aliphatic heterocycles. The molecule has 2 aromatic rings. The van der Waals surface area contributed by atoms with Crippen molar-refractivity contribution < 1.29 is 9.66 Å². The van der Waals surface area contributed by atoms with Crippen molar-refractivity contribution in [3.63, 3.8) is 0 Å². The Morgan fingerprint density at radius 1 is 1.22 bits per heavy atom. The van der Waals surface area contributed by atoms with E-state index in [0.717, 1.165) is 22.1 Å². The number of ether oxygens (including phenoxy) is 1. The molecular weight excluding hydrogens is 230 g/mol. The summed E-state index contributed by atoms with van der Waals surface area (Å²) in [5.41, 5.74) is 0.936. The molecule has 2 aromatic carbocycles. The van der Waals surface area contributed by atoms with E-state index < -0.39 is 0 Å². The van der Waals surface area contributed by atoms with Crippen LogP contribution in [0.1, 0.15) is 12.5 Å². The van der Waals surface area contributed by atoms with Crippen LogP contribution in [0.5, 0.6) is 5.75 Å². The largest absolute Gasteiger partial charge is 0.496 e. The average molecular weight is 243 g/mol. The van der Waals surface area contributed by atoms with Crippen LogP contribution in [0.2, 0.25) is 0 Å². The lowest BCUT2D eigenvalue weighted by atomic mass is 10.0. The normalized spacial score (nSPS) is 11.6. The molecule has 4 nitrogen and oxygen atoms in total. The van der Waals surface area contributed by atoms with Gasteiger partial charge in [0.1, 0.15) is 5.75 Å². The quantitative estimate of drug-likeness (QED) is 0.612. The number of fused-ring (bicyclic) bond motifs is 1. The number of hydrogen-bond acceptors (Lipinski definition) is 3. The van der Waals surface area contributed by atoms with Gasteiger partial charge in [0, 0.05) is 18.4 Å². The van der Waals surface area contributed by atoms with Gasteiger partial charge < -0.3 is 4.74 Å². The van der Waals surface area contributed by atoms with Gasteiger partial charge in [-0.2, -0.15) is 0 Å². The van der Waals surface area contributed by atoms with Gasteiger partial charge in [0.2, 0.25) is 5.70 Å². The zero-order valence-electron chi connectivity index (χ0n) is 10.2. The lowest BCUT2D eigenvalue weighted by Gasteiger charge is -2.07. The number of rotatable bonds is 3. The highest BCUT2D eigenvalue weighted by Crippen LogP contribution is 2.29. The Kier molecular flexibility index (Phi) is 3.28. The van der Waals surface area contributed by atoms with Gasteiger partial charge in [-0.15, -0.1) is 0 Å². The molecule has 0 atom stereocenters. The van der Waals surface area contributed by atoms with E-state index in [2.05, 4.69) is 0 Å². The highest BCUT2D eigenvalue weighted by atomic mass is 16.6. The zero-order valence-corrected chi connectivity index (χ0v) is 10.2. The van der Waals surface area contributed by atoms with Gasteiger partial charge in [0.05, 0.1) is 12.0 Å². The molecule has 92 valence electrons. The van der Waals surface area contributed by atoms with Gasteiger partial charge in [-0.05, 0) is 17.0 Å². The van der Waals surface area contributed by atoms with Crippen molar-refractivity contribution in [2.45, 2.75) is 6.92 Å². The summed E-state index contributed by atoms with van der Waals surface area (Å²) in [5, 5.41) is 12.6. The van der Waals surface area contributed by atoms with Crippen molar-refractivity contribution in [2.24, 2.45) is 0 Å². The minimum atomic E-state index is -0.390. The fourth-order valence-electron chi connectivity index (χ4n) is 1.88. The van der Waals surface area contributed by atoms with Crippen molar-refractivity contribution in [3.05, 3.63) is 57.8 Å². The second-order valence-electron chi connectivity index (χ2n) is 3.95. The lowest BCUT2D eigenvalue weighted by Crippen LogP contribution is -1.93. The van der Waals surface area contributed by atoms with Gasteiger partial charge in [-0.1, -0.05) is 30.3 Å². The summed E-state index contributed by atoms with van der Waals surface area (Å²) < 4.78 is 5.28. The molecular formula is C14H13NO3. The molecule has 0 aromatic heterocycles. The fourth-order valence-corrected chi connectivity index (χ4v) is 1.88. The maximum Gasteiger partial charge on any atom is 0.243 e. The molecule has 0 N–H and O–H groups in total. The Morgan fingerprint density at radius 3 is 2.50 bits per heavy atom. The highest BCUT2D eigenvalue weighted by molar-refractivity contribution is 5.95. The van der Waals surface area contributed by atoms with E-state index in [4.69, 9.17) is 4.74 Å². The van der Waals surface area contributed by atoms with Crippen molar-refractivity contribution in [3.8, 4) is 5.75 Å². The molecule has 0 unspecified atom stereocenters. The summed E-state index contributed by atoms with van der Waals surface area (Å²) in [6.07, 6.45) is 1.57. The molecule has 0 saturated heterocycles. The van der Waals surface area contributed by atoms with Gasteiger partial charge in [0.25, 0.3) is 0 Å². The minimum absolute atomic E-state index is 0.116. The number of allylic oxidation sites excluding steroid dienone is 1. The molecule has 0 saturated carbocycles. The Morgan fingerprint density at radius 2 is 1.89 bits per heavy atom. The molecule has 0 spiro atoms. The van der Waals surface area contributed by atoms with Crippen LogP contribution in [0.4, 0.5) is 0 Å². The van der Waals surface area contributed by atoms with Crippen LogP contribution in [0.25, 0.3) is 16.8 Å². The lowest BCUT2D eigenvalue weighted by molar-refractivity contribution is -0.422. The van der Waals surface area contributed by atoms with Crippen LogP contribution in [-0.2, 0) is 0 Å². The van der Waals surface area contributed by atoms with E-state index in [-0.39, 0.29) is 10.6 Å². The van der Waals surface area contributed by atoms with E-state index in [1.165, 1.54) is 6.92 Å². The van der Waals surface area contributed by atoms with E-state index in [1.54, 1.807) is 13.2 Å². The topological polar surface area (TPSA) is 52.4 Å². The standard InChI is InChI=1S/C14H13NO3/c1-10(15(16)17)9-11-7-8-14(18-2)13-6-4-3-5-12(11)13/h3-9H,1-2H3. The number of hydrogen-bond donors (Lipinski definition) is 0. The molecule has 0 fully saturated rings. The molecule has 0 heterocycles. The van der Waals surface area contributed by atoms with E-state index in [0.29, 0.717) is 0 Å². The summed E-state index contributed by atoms with van der Waals surface area (Å²) in [6.45, 7) is 1.49. The van der Waals surface area contributed by atoms with Crippen LogP contribution < -0.4 is 4.74 Å². The maximum absolute atomic E-state index is 10.7. The third-order valence-electron chi connectivity index (χ3n) is 2.79. The third-order valence-corrected chi connectivity index (χ3v) is 2.79. The summed E-state index contributed by atoms with van der Waals surface area (Å²) in [4.78, 5) is 10.3. The summed E-state index contributed by atoms with van der Waals surface area (Å²) in [7, 11) is 1.61. The van der Waals surface area contributed by atoms with Crippen molar-refractivity contribution >= 4 is 16.8 Å². The molecule has 0 radical (unpaired) electrons. The zero-order chi connectivity index (χ0) is 13.1. The first kappa shape index (κ1) is 12.1. The van der Waals surface area contributed by atoms with Gasteiger partial charge in [0.15, 0.2) is 0 Å². The number of nitrogens with zero attached hydrogens (tertiary/aromatic N) is 1. The average Bonchev–Trinajstić information content (AvgIpc) is 2.39. The van der Waals surface area contributed by atoms with E-state index in [9.17, 15) is 10.1 Å². The summed E-state index contributed by atoms with van der Waals surface area (Å²) >= 11 is 0. The SMILES string of the molecule is COc1ccc(C=C(C)[N+](=O)[O-])c2ccccc12. The first-order chi connectivity index (χ1) is 8.63. The predicted octanol–water partition coefficient (Wildman–Crippen LogP) is 3.49. The Balaban J connectivity index is 2.67. The van der Waals surface area contributed by atoms with Crippen LogP contribution in [0.15, 0.2) is 42.1 Å². The van der Waals surface area contributed by atoms with Gasteiger partial charge in [-0.3, -0.25) is 10.1 Å².